The average molecular weight is 385 g/mol. The van der Waals surface area contributed by atoms with Crippen LogP contribution in [0.15, 0.2) is 34.6 Å². The van der Waals surface area contributed by atoms with Gasteiger partial charge in [0.1, 0.15) is 10.8 Å². The molecule has 1 aromatic heterocycles. The molecule has 0 spiro atoms. The number of ether oxygens (including phenoxy) is 1. The molecule has 0 unspecified atom stereocenters. The Hall–Kier alpha value is -2.38. The predicted octanol–water partition coefficient (Wildman–Crippen LogP) is 3.92. The molecule has 2 fully saturated rings. The summed E-state index contributed by atoms with van der Waals surface area (Å²) >= 11 is 1.40. The quantitative estimate of drug-likeness (QED) is 0.864. The van der Waals surface area contributed by atoms with Crippen molar-refractivity contribution >= 4 is 39.5 Å². The van der Waals surface area contributed by atoms with E-state index in [1.807, 2.05) is 12.3 Å². The summed E-state index contributed by atoms with van der Waals surface area (Å²) in [6.45, 7) is 6.12. The van der Waals surface area contributed by atoms with Crippen molar-refractivity contribution in [1.29, 1.82) is 0 Å². The fraction of sp³-hybridized carbons (Fsp3) is 0.400. The van der Waals surface area contributed by atoms with E-state index in [-0.39, 0.29) is 0 Å². The molecule has 3 heterocycles. The summed E-state index contributed by atoms with van der Waals surface area (Å²) in [6.07, 6.45) is 1.89. The van der Waals surface area contributed by atoms with E-state index in [1.54, 1.807) is 0 Å². The number of nitrogens with zero attached hydrogens (tertiary/aromatic N) is 3. The molecule has 0 bridgehead atoms. The molecule has 2 saturated heterocycles. The fourth-order valence-corrected chi connectivity index (χ4v) is 4.54. The molecule has 4 rings (SSSR count). The van der Waals surface area contributed by atoms with Crippen LogP contribution < -0.4 is 9.80 Å². The summed E-state index contributed by atoms with van der Waals surface area (Å²) in [5.74, 6) is 0.0333. The van der Waals surface area contributed by atoms with Crippen molar-refractivity contribution < 1.29 is 14.6 Å². The first-order valence-electron chi connectivity index (χ1n) is 9.23. The van der Waals surface area contributed by atoms with Crippen LogP contribution in [0.2, 0.25) is 0 Å². The summed E-state index contributed by atoms with van der Waals surface area (Å²) in [5, 5.41) is 11.9. The van der Waals surface area contributed by atoms with Crippen molar-refractivity contribution in [3.05, 3.63) is 40.8 Å². The first-order valence-corrected chi connectivity index (χ1v) is 10.1. The lowest BCUT2D eigenvalue weighted by Gasteiger charge is -2.29. The summed E-state index contributed by atoms with van der Waals surface area (Å²) in [4.78, 5) is 20.8. The van der Waals surface area contributed by atoms with Gasteiger partial charge in [-0.1, -0.05) is 0 Å². The minimum absolute atomic E-state index is 0.321. The molecule has 0 amide bonds. The lowest BCUT2D eigenvalue weighted by molar-refractivity contribution is 0.0697. The monoisotopic (exact) mass is 385 g/mol. The van der Waals surface area contributed by atoms with E-state index in [9.17, 15) is 9.90 Å². The lowest BCUT2D eigenvalue weighted by atomic mass is 10.2. The average Bonchev–Trinajstić information content (AvgIpc) is 3.29. The fourth-order valence-electron chi connectivity index (χ4n) is 3.61. The molecule has 1 N–H and O–H groups in total. The SMILES string of the molecule is Cc1csc(N=C2CCCN2c2ccc(N3CCOCC3)cc2)c1C(=O)O. The number of amidine groups is 1. The molecule has 2 aromatic rings. The van der Waals surface area contributed by atoms with Gasteiger partial charge in [-0.3, -0.25) is 0 Å². The third-order valence-corrected chi connectivity index (χ3v) is 6.02. The topological polar surface area (TPSA) is 65.4 Å². The van der Waals surface area contributed by atoms with Crippen molar-refractivity contribution in [2.45, 2.75) is 19.8 Å². The second kappa shape index (κ2) is 7.70. The van der Waals surface area contributed by atoms with E-state index in [4.69, 9.17) is 9.73 Å². The molecular weight excluding hydrogens is 362 g/mol. The summed E-state index contributed by atoms with van der Waals surface area (Å²) in [7, 11) is 0. The standard InChI is InChI=1S/C20H23N3O3S/c1-14-13-27-19(18(14)20(24)25)21-17-3-2-8-23(17)16-6-4-15(5-7-16)22-9-11-26-12-10-22/h4-7,13H,2-3,8-12H2,1H3,(H,24,25). The van der Waals surface area contributed by atoms with Crippen molar-refractivity contribution in [1.82, 2.24) is 0 Å². The van der Waals surface area contributed by atoms with Gasteiger partial charge in [-0.2, -0.15) is 0 Å². The molecular formula is C20H23N3O3S. The molecule has 0 aliphatic carbocycles. The van der Waals surface area contributed by atoms with E-state index in [0.717, 1.165) is 62.8 Å². The number of carbonyl (C=O) groups is 1. The zero-order chi connectivity index (χ0) is 18.8. The number of carboxylic acid groups (broad SMARTS) is 1. The van der Waals surface area contributed by atoms with Gasteiger partial charge in [-0.25, -0.2) is 9.79 Å². The molecule has 0 atom stereocenters. The minimum atomic E-state index is -0.910. The van der Waals surface area contributed by atoms with E-state index < -0.39 is 5.97 Å². The number of aromatic carboxylic acids is 1. The largest absolute Gasteiger partial charge is 0.478 e. The van der Waals surface area contributed by atoms with Crippen molar-refractivity contribution in [3.63, 3.8) is 0 Å². The number of carboxylic acids is 1. The van der Waals surface area contributed by atoms with E-state index in [2.05, 4.69) is 34.1 Å². The second-order valence-corrected chi connectivity index (χ2v) is 7.66. The van der Waals surface area contributed by atoms with Crippen molar-refractivity contribution in [2.24, 2.45) is 4.99 Å². The molecule has 2 aliphatic heterocycles. The first-order chi connectivity index (χ1) is 13.1. The van der Waals surface area contributed by atoms with Crippen LogP contribution in [0.25, 0.3) is 0 Å². The third kappa shape index (κ3) is 3.70. The highest BCUT2D eigenvalue weighted by Gasteiger charge is 2.23. The first kappa shape index (κ1) is 18.0. The normalized spacial score (nSPS) is 19.1. The highest BCUT2D eigenvalue weighted by molar-refractivity contribution is 7.14. The summed E-state index contributed by atoms with van der Waals surface area (Å²) in [5.41, 5.74) is 3.41. The van der Waals surface area contributed by atoms with E-state index in [0.29, 0.717) is 10.6 Å². The van der Waals surface area contributed by atoms with Gasteiger partial charge < -0.3 is 19.6 Å². The Kier molecular flexibility index (Phi) is 5.13. The molecule has 0 saturated carbocycles. The predicted molar refractivity (Wildman–Crippen MR) is 109 cm³/mol. The molecule has 142 valence electrons. The van der Waals surface area contributed by atoms with Gasteiger partial charge in [-0.15, -0.1) is 11.3 Å². The Labute approximate surface area is 162 Å². The maximum Gasteiger partial charge on any atom is 0.339 e. The van der Waals surface area contributed by atoms with Gasteiger partial charge in [0.15, 0.2) is 0 Å². The molecule has 6 nitrogen and oxygen atoms in total. The Morgan fingerprint density at radius 1 is 1.15 bits per heavy atom. The van der Waals surface area contributed by atoms with Crippen LogP contribution in [-0.2, 0) is 4.74 Å². The Morgan fingerprint density at radius 3 is 2.56 bits per heavy atom. The van der Waals surface area contributed by atoms with E-state index in [1.165, 1.54) is 17.0 Å². The van der Waals surface area contributed by atoms with Crippen LogP contribution in [0, 0.1) is 6.92 Å². The lowest BCUT2D eigenvalue weighted by Crippen LogP contribution is -2.36. The van der Waals surface area contributed by atoms with Gasteiger partial charge in [0.2, 0.25) is 0 Å². The van der Waals surface area contributed by atoms with Crippen molar-refractivity contribution in [2.75, 3.05) is 42.6 Å². The van der Waals surface area contributed by atoms with Crippen LogP contribution in [0.1, 0.15) is 28.8 Å². The maximum atomic E-state index is 11.5. The Morgan fingerprint density at radius 2 is 1.85 bits per heavy atom. The number of hydrogen-bond donors (Lipinski definition) is 1. The third-order valence-electron chi connectivity index (χ3n) is 5.03. The van der Waals surface area contributed by atoms with Gasteiger partial charge in [0.25, 0.3) is 0 Å². The molecule has 27 heavy (non-hydrogen) atoms. The van der Waals surface area contributed by atoms with Crippen LogP contribution in [0.3, 0.4) is 0 Å². The number of benzene rings is 1. The van der Waals surface area contributed by atoms with Crippen LogP contribution >= 0.6 is 11.3 Å². The summed E-state index contributed by atoms with van der Waals surface area (Å²) < 4.78 is 5.42. The van der Waals surface area contributed by atoms with Crippen LogP contribution in [-0.4, -0.2) is 49.8 Å². The number of rotatable bonds is 4. The number of morpholine rings is 1. The van der Waals surface area contributed by atoms with Gasteiger partial charge in [0, 0.05) is 37.4 Å². The minimum Gasteiger partial charge on any atom is -0.478 e. The highest BCUT2D eigenvalue weighted by atomic mass is 32.1. The zero-order valence-corrected chi connectivity index (χ0v) is 16.2. The Balaban J connectivity index is 1.57. The maximum absolute atomic E-state index is 11.5. The number of anilines is 2. The number of hydrogen-bond acceptors (Lipinski definition) is 5. The second-order valence-electron chi connectivity index (χ2n) is 6.80. The van der Waals surface area contributed by atoms with Crippen LogP contribution in [0.4, 0.5) is 16.4 Å². The van der Waals surface area contributed by atoms with Gasteiger partial charge >= 0.3 is 5.97 Å². The molecule has 1 aromatic carbocycles. The number of aliphatic imine (C=N–C) groups is 1. The van der Waals surface area contributed by atoms with Gasteiger partial charge in [0.05, 0.1) is 18.8 Å². The number of aryl methyl sites for hydroxylation is 1. The molecule has 7 heteroatoms. The smallest absolute Gasteiger partial charge is 0.339 e. The summed E-state index contributed by atoms with van der Waals surface area (Å²) in [6, 6.07) is 8.55. The molecule has 0 radical (unpaired) electrons. The number of thiophene rings is 1. The van der Waals surface area contributed by atoms with Crippen molar-refractivity contribution in [3.8, 4) is 0 Å². The highest BCUT2D eigenvalue weighted by Crippen LogP contribution is 2.33. The van der Waals surface area contributed by atoms with Crippen LogP contribution in [0.5, 0.6) is 0 Å². The van der Waals surface area contributed by atoms with Gasteiger partial charge in [-0.05, 0) is 48.6 Å². The molecule has 2 aliphatic rings. The zero-order valence-electron chi connectivity index (χ0n) is 15.4. The van der Waals surface area contributed by atoms with E-state index >= 15 is 0 Å². The Bertz CT molecular complexity index is 854.